The van der Waals surface area contributed by atoms with Crippen LogP contribution in [0.1, 0.15) is 40.9 Å². The lowest BCUT2D eigenvalue weighted by Crippen LogP contribution is -2.38. The lowest BCUT2D eigenvalue weighted by Gasteiger charge is -2.32. The maximum absolute atomic E-state index is 12.9. The van der Waals surface area contributed by atoms with Crippen molar-refractivity contribution in [2.75, 3.05) is 20.2 Å². The Morgan fingerprint density at radius 1 is 1.06 bits per heavy atom. The molecule has 1 aromatic heterocycles. The third-order valence-electron chi connectivity index (χ3n) is 5.87. The van der Waals surface area contributed by atoms with E-state index < -0.39 is 0 Å². The quantitative estimate of drug-likeness (QED) is 0.486. The van der Waals surface area contributed by atoms with Crippen LogP contribution in [0.3, 0.4) is 0 Å². The number of nitrogens with zero attached hydrogens (tertiary/aromatic N) is 2. The Hall–Kier alpha value is -2.86. The highest BCUT2D eigenvalue weighted by atomic mass is 32.1. The van der Waals surface area contributed by atoms with Gasteiger partial charge in [0.15, 0.2) is 0 Å². The minimum atomic E-state index is 0.111. The Morgan fingerprint density at radius 2 is 1.77 bits per heavy atom. The Labute approximate surface area is 187 Å². The first-order valence-corrected chi connectivity index (χ1v) is 11.7. The summed E-state index contributed by atoms with van der Waals surface area (Å²) in [6, 6.07) is 15.8. The fourth-order valence-electron chi connectivity index (χ4n) is 3.93. The molecule has 5 nitrogen and oxygen atoms in total. The van der Waals surface area contributed by atoms with E-state index in [0.29, 0.717) is 12.5 Å². The van der Waals surface area contributed by atoms with Crippen LogP contribution in [-0.4, -0.2) is 36.0 Å². The molecule has 0 atom stereocenters. The van der Waals surface area contributed by atoms with E-state index in [9.17, 15) is 4.79 Å². The monoisotopic (exact) mass is 436 g/mol. The summed E-state index contributed by atoms with van der Waals surface area (Å²) in [5, 5.41) is 1.97. The van der Waals surface area contributed by atoms with Gasteiger partial charge in [0.25, 0.3) is 5.91 Å². The summed E-state index contributed by atoms with van der Waals surface area (Å²) < 4.78 is 11.0. The van der Waals surface area contributed by atoms with Gasteiger partial charge in [-0.1, -0.05) is 12.1 Å². The summed E-state index contributed by atoms with van der Waals surface area (Å²) >= 11 is 1.55. The van der Waals surface area contributed by atoms with E-state index >= 15 is 0 Å². The van der Waals surface area contributed by atoms with Gasteiger partial charge in [0.05, 0.1) is 18.3 Å². The van der Waals surface area contributed by atoms with Crippen molar-refractivity contribution in [1.29, 1.82) is 0 Å². The smallest absolute Gasteiger partial charge is 0.253 e. The molecule has 1 amide bonds. The van der Waals surface area contributed by atoms with Crippen LogP contribution in [0.4, 0.5) is 0 Å². The predicted molar refractivity (Wildman–Crippen MR) is 123 cm³/mol. The molecule has 31 heavy (non-hydrogen) atoms. The van der Waals surface area contributed by atoms with Gasteiger partial charge in [0, 0.05) is 24.0 Å². The molecule has 1 aliphatic heterocycles. The van der Waals surface area contributed by atoms with Gasteiger partial charge in [-0.05, 0) is 73.6 Å². The second-order valence-corrected chi connectivity index (χ2v) is 8.63. The van der Waals surface area contributed by atoms with E-state index in [1.165, 1.54) is 12.0 Å². The number of ether oxygens (including phenoxy) is 2. The number of aromatic nitrogens is 1. The summed E-state index contributed by atoms with van der Waals surface area (Å²) in [6.07, 6.45) is 4.37. The molecule has 1 saturated heterocycles. The molecule has 3 aromatic rings. The molecule has 6 heteroatoms. The number of benzene rings is 2. The van der Waals surface area contributed by atoms with Crippen LogP contribution in [0.25, 0.3) is 0 Å². The van der Waals surface area contributed by atoms with Crippen molar-refractivity contribution in [3.63, 3.8) is 0 Å². The van der Waals surface area contributed by atoms with Gasteiger partial charge >= 0.3 is 0 Å². The number of thiazole rings is 1. The number of hydrogen-bond donors (Lipinski definition) is 0. The summed E-state index contributed by atoms with van der Waals surface area (Å²) in [4.78, 5) is 19.1. The van der Waals surface area contributed by atoms with Crippen LogP contribution in [-0.2, 0) is 13.0 Å². The summed E-state index contributed by atoms with van der Waals surface area (Å²) in [5.41, 5.74) is 4.78. The summed E-state index contributed by atoms with van der Waals surface area (Å²) in [5.74, 6) is 2.43. The lowest BCUT2D eigenvalue weighted by molar-refractivity contribution is 0.0687. The second-order valence-electron chi connectivity index (χ2n) is 7.92. The normalized spacial score (nSPS) is 14.4. The minimum absolute atomic E-state index is 0.111. The van der Waals surface area contributed by atoms with Gasteiger partial charge < -0.3 is 14.4 Å². The third-order valence-corrected chi connectivity index (χ3v) is 6.51. The number of rotatable bonds is 8. The number of piperidine rings is 1. The predicted octanol–water partition coefficient (Wildman–Crippen LogP) is 5.22. The van der Waals surface area contributed by atoms with E-state index in [2.05, 4.69) is 17.1 Å². The molecular formula is C25H28N2O3S. The molecule has 162 valence electrons. The van der Waals surface area contributed by atoms with Crippen LogP contribution in [0, 0.1) is 5.92 Å². The van der Waals surface area contributed by atoms with Gasteiger partial charge in [0.2, 0.25) is 0 Å². The van der Waals surface area contributed by atoms with Crippen LogP contribution in [0.2, 0.25) is 0 Å². The van der Waals surface area contributed by atoms with Crippen molar-refractivity contribution < 1.29 is 14.3 Å². The number of hydrogen-bond acceptors (Lipinski definition) is 5. The molecule has 0 aliphatic carbocycles. The fourth-order valence-corrected chi connectivity index (χ4v) is 4.47. The van der Waals surface area contributed by atoms with Crippen LogP contribution in [0.15, 0.2) is 59.4 Å². The van der Waals surface area contributed by atoms with Crippen LogP contribution >= 0.6 is 11.3 Å². The van der Waals surface area contributed by atoms with Crippen molar-refractivity contribution in [2.24, 2.45) is 5.92 Å². The molecule has 0 N–H and O–H groups in total. The molecule has 1 aliphatic rings. The first-order chi connectivity index (χ1) is 15.2. The van der Waals surface area contributed by atoms with Crippen molar-refractivity contribution in [3.8, 4) is 11.5 Å². The van der Waals surface area contributed by atoms with E-state index in [0.717, 1.165) is 55.1 Å². The number of carbonyl (C=O) groups is 1. The number of amides is 1. The Balaban J connectivity index is 1.22. The average Bonchev–Trinajstić information content (AvgIpc) is 3.36. The molecule has 4 rings (SSSR count). The van der Waals surface area contributed by atoms with E-state index in [-0.39, 0.29) is 5.91 Å². The standard InChI is InChI=1S/C25H28N2O3S/c1-29-23-8-4-19(5-9-23)2-3-20-12-14-27(15-13-20)25(28)21-6-10-24(11-7-21)30-16-22-17-31-18-26-22/h4-11,17-18,20H,2-3,12-16H2,1H3. The number of aryl methyl sites for hydroxylation is 1. The first-order valence-electron chi connectivity index (χ1n) is 10.7. The van der Waals surface area contributed by atoms with E-state index in [1.54, 1.807) is 24.0 Å². The van der Waals surface area contributed by atoms with Gasteiger partial charge in [-0.3, -0.25) is 4.79 Å². The maximum Gasteiger partial charge on any atom is 0.253 e. The molecule has 2 heterocycles. The fraction of sp³-hybridized carbons (Fsp3) is 0.360. The molecule has 1 fully saturated rings. The molecule has 0 radical (unpaired) electrons. The van der Waals surface area contributed by atoms with Gasteiger partial charge in [-0.25, -0.2) is 4.98 Å². The minimum Gasteiger partial charge on any atom is -0.497 e. The van der Waals surface area contributed by atoms with Gasteiger partial charge in [-0.2, -0.15) is 0 Å². The van der Waals surface area contributed by atoms with Crippen molar-refractivity contribution >= 4 is 17.2 Å². The molecular weight excluding hydrogens is 408 g/mol. The summed E-state index contributed by atoms with van der Waals surface area (Å²) in [6.45, 7) is 2.10. The highest BCUT2D eigenvalue weighted by Gasteiger charge is 2.23. The van der Waals surface area contributed by atoms with Crippen molar-refractivity contribution in [1.82, 2.24) is 9.88 Å². The van der Waals surface area contributed by atoms with Crippen molar-refractivity contribution in [3.05, 3.63) is 76.2 Å². The molecule has 0 unspecified atom stereocenters. The zero-order valence-corrected chi connectivity index (χ0v) is 18.6. The molecule has 0 saturated carbocycles. The topological polar surface area (TPSA) is 51.7 Å². The largest absolute Gasteiger partial charge is 0.497 e. The number of likely N-dealkylation sites (tertiary alicyclic amines) is 1. The van der Waals surface area contributed by atoms with Gasteiger partial charge in [0.1, 0.15) is 18.1 Å². The zero-order valence-electron chi connectivity index (χ0n) is 17.8. The Kier molecular flexibility index (Phi) is 7.20. The van der Waals surface area contributed by atoms with Crippen LogP contribution in [0.5, 0.6) is 11.5 Å². The van der Waals surface area contributed by atoms with Crippen LogP contribution < -0.4 is 9.47 Å². The van der Waals surface area contributed by atoms with Gasteiger partial charge in [-0.15, -0.1) is 11.3 Å². The highest BCUT2D eigenvalue weighted by Crippen LogP contribution is 2.25. The Morgan fingerprint density at radius 3 is 2.42 bits per heavy atom. The molecule has 0 spiro atoms. The summed E-state index contributed by atoms with van der Waals surface area (Å²) in [7, 11) is 1.69. The SMILES string of the molecule is COc1ccc(CCC2CCN(C(=O)c3ccc(OCc4cscn4)cc3)CC2)cc1. The molecule has 0 bridgehead atoms. The van der Waals surface area contributed by atoms with E-state index in [1.807, 2.05) is 46.7 Å². The van der Waals surface area contributed by atoms with E-state index in [4.69, 9.17) is 9.47 Å². The number of methoxy groups -OCH3 is 1. The maximum atomic E-state index is 12.9. The van der Waals surface area contributed by atoms with Crippen molar-refractivity contribution in [2.45, 2.75) is 32.3 Å². The molecule has 2 aromatic carbocycles. The lowest BCUT2D eigenvalue weighted by atomic mass is 9.90. The third kappa shape index (κ3) is 5.85. The first kappa shape index (κ1) is 21.4. The number of carbonyl (C=O) groups excluding carboxylic acids is 1. The Bertz CT molecular complexity index is 947. The highest BCUT2D eigenvalue weighted by molar-refractivity contribution is 7.07. The zero-order chi connectivity index (χ0) is 21.5. The second kappa shape index (κ2) is 10.4. The average molecular weight is 437 g/mol.